The van der Waals surface area contributed by atoms with Crippen LogP contribution in [0.5, 0.6) is 11.5 Å². The lowest BCUT2D eigenvalue weighted by Crippen LogP contribution is -2.30. The Bertz CT molecular complexity index is 996. The fourth-order valence-corrected chi connectivity index (χ4v) is 3.94. The zero-order valence-corrected chi connectivity index (χ0v) is 16.9. The molecule has 1 aliphatic heterocycles. The standard InChI is InChI=1S/C22H26N4O2/c1-14-11-23-20(15(2)22(14)28-4)13-26-9-8-19-18(12-26)21(25-24-19)16-6-5-7-17(10-16)27-3/h5-7,10-11H,8-9,12-13H2,1-4H3,(H,24,25). The van der Waals surface area contributed by atoms with Crippen molar-refractivity contribution in [2.45, 2.75) is 33.4 Å². The molecule has 28 heavy (non-hydrogen) atoms. The van der Waals surface area contributed by atoms with Crippen molar-refractivity contribution in [3.05, 3.63) is 58.5 Å². The first kappa shape index (κ1) is 18.5. The minimum Gasteiger partial charge on any atom is -0.497 e. The van der Waals surface area contributed by atoms with E-state index >= 15 is 0 Å². The lowest BCUT2D eigenvalue weighted by Gasteiger charge is -2.27. The van der Waals surface area contributed by atoms with E-state index in [1.165, 1.54) is 11.3 Å². The van der Waals surface area contributed by atoms with E-state index in [2.05, 4.69) is 33.1 Å². The summed E-state index contributed by atoms with van der Waals surface area (Å²) >= 11 is 0. The van der Waals surface area contributed by atoms with E-state index in [0.717, 1.165) is 65.6 Å². The van der Waals surface area contributed by atoms with Crippen molar-refractivity contribution in [1.82, 2.24) is 20.1 Å². The maximum Gasteiger partial charge on any atom is 0.128 e. The first-order valence-corrected chi connectivity index (χ1v) is 9.52. The van der Waals surface area contributed by atoms with Crippen LogP contribution in [0.3, 0.4) is 0 Å². The highest BCUT2D eigenvalue weighted by molar-refractivity contribution is 5.66. The van der Waals surface area contributed by atoms with Gasteiger partial charge in [0.05, 0.1) is 25.6 Å². The molecule has 146 valence electrons. The fraction of sp³-hybridized carbons (Fsp3) is 0.364. The van der Waals surface area contributed by atoms with Crippen LogP contribution < -0.4 is 9.47 Å². The summed E-state index contributed by atoms with van der Waals surface area (Å²) in [6.07, 6.45) is 2.85. The molecular weight excluding hydrogens is 352 g/mol. The summed E-state index contributed by atoms with van der Waals surface area (Å²) < 4.78 is 10.9. The number of aromatic nitrogens is 3. The summed E-state index contributed by atoms with van der Waals surface area (Å²) in [6, 6.07) is 8.07. The zero-order valence-electron chi connectivity index (χ0n) is 16.9. The molecule has 0 fully saturated rings. The summed E-state index contributed by atoms with van der Waals surface area (Å²) in [6.45, 7) is 6.73. The van der Waals surface area contributed by atoms with Crippen LogP contribution in [-0.4, -0.2) is 40.8 Å². The van der Waals surface area contributed by atoms with Gasteiger partial charge in [0.1, 0.15) is 11.5 Å². The normalized spacial score (nSPS) is 14.0. The van der Waals surface area contributed by atoms with Crippen LogP contribution >= 0.6 is 0 Å². The van der Waals surface area contributed by atoms with E-state index in [1.54, 1.807) is 14.2 Å². The molecule has 3 aromatic rings. The third-order valence-corrected chi connectivity index (χ3v) is 5.48. The van der Waals surface area contributed by atoms with Crippen LogP contribution in [-0.2, 0) is 19.5 Å². The smallest absolute Gasteiger partial charge is 0.128 e. The van der Waals surface area contributed by atoms with Crippen molar-refractivity contribution in [2.75, 3.05) is 20.8 Å². The van der Waals surface area contributed by atoms with E-state index in [9.17, 15) is 0 Å². The molecule has 0 saturated heterocycles. The molecule has 4 rings (SSSR count). The first-order chi connectivity index (χ1) is 13.6. The largest absolute Gasteiger partial charge is 0.497 e. The number of aryl methyl sites for hydroxylation is 1. The third-order valence-electron chi connectivity index (χ3n) is 5.48. The number of ether oxygens (including phenoxy) is 2. The Balaban J connectivity index is 1.59. The van der Waals surface area contributed by atoms with Crippen molar-refractivity contribution in [1.29, 1.82) is 0 Å². The summed E-state index contributed by atoms with van der Waals surface area (Å²) in [7, 11) is 3.41. The van der Waals surface area contributed by atoms with Gasteiger partial charge in [0.25, 0.3) is 0 Å². The van der Waals surface area contributed by atoms with Gasteiger partial charge in [0.2, 0.25) is 0 Å². The maximum atomic E-state index is 5.56. The second-order valence-corrected chi connectivity index (χ2v) is 7.27. The fourth-order valence-electron chi connectivity index (χ4n) is 3.94. The molecule has 0 atom stereocenters. The Hall–Kier alpha value is -2.86. The highest BCUT2D eigenvalue weighted by atomic mass is 16.5. The lowest BCUT2D eigenvalue weighted by atomic mass is 10.0. The van der Waals surface area contributed by atoms with Gasteiger partial charge in [-0.2, -0.15) is 5.10 Å². The van der Waals surface area contributed by atoms with Gasteiger partial charge in [-0.15, -0.1) is 0 Å². The van der Waals surface area contributed by atoms with E-state index < -0.39 is 0 Å². The number of nitrogens with zero attached hydrogens (tertiary/aromatic N) is 3. The van der Waals surface area contributed by atoms with Crippen LogP contribution in [0, 0.1) is 13.8 Å². The predicted octanol–water partition coefficient (Wildman–Crippen LogP) is 3.66. The van der Waals surface area contributed by atoms with Gasteiger partial charge in [-0.25, -0.2) is 0 Å². The molecule has 1 aliphatic rings. The van der Waals surface area contributed by atoms with Crippen molar-refractivity contribution in [3.63, 3.8) is 0 Å². The highest BCUT2D eigenvalue weighted by Crippen LogP contribution is 2.31. The maximum absolute atomic E-state index is 5.56. The summed E-state index contributed by atoms with van der Waals surface area (Å²) in [5.41, 5.74) is 7.82. The number of nitrogens with one attached hydrogen (secondary N) is 1. The minimum absolute atomic E-state index is 0.796. The number of methoxy groups -OCH3 is 2. The van der Waals surface area contributed by atoms with Crippen LogP contribution in [0.2, 0.25) is 0 Å². The quantitative estimate of drug-likeness (QED) is 0.734. The van der Waals surface area contributed by atoms with Crippen LogP contribution in [0.15, 0.2) is 30.5 Å². The van der Waals surface area contributed by atoms with Crippen molar-refractivity contribution < 1.29 is 9.47 Å². The molecule has 0 spiro atoms. The second kappa shape index (κ2) is 7.64. The number of benzene rings is 1. The number of hydrogen-bond acceptors (Lipinski definition) is 5. The minimum atomic E-state index is 0.796. The average Bonchev–Trinajstić information content (AvgIpc) is 3.14. The average molecular weight is 378 g/mol. The summed E-state index contributed by atoms with van der Waals surface area (Å²) in [4.78, 5) is 7.09. The lowest BCUT2D eigenvalue weighted by molar-refractivity contribution is 0.241. The monoisotopic (exact) mass is 378 g/mol. The Labute approximate surface area is 165 Å². The van der Waals surface area contributed by atoms with Crippen molar-refractivity contribution in [3.8, 4) is 22.8 Å². The molecule has 6 heteroatoms. The molecular formula is C22H26N4O2. The van der Waals surface area contributed by atoms with E-state index in [1.807, 2.05) is 31.3 Å². The first-order valence-electron chi connectivity index (χ1n) is 9.52. The molecule has 0 unspecified atom stereocenters. The molecule has 0 bridgehead atoms. The number of H-pyrrole nitrogens is 1. The van der Waals surface area contributed by atoms with Gasteiger partial charge < -0.3 is 9.47 Å². The molecule has 0 saturated carbocycles. The second-order valence-electron chi connectivity index (χ2n) is 7.27. The van der Waals surface area contributed by atoms with Crippen molar-refractivity contribution >= 4 is 0 Å². The molecule has 6 nitrogen and oxygen atoms in total. The van der Waals surface area contributed by atoms with Crippen molar-refractivity contribution in [2.24, 2.45) is 0 Å². The van der Waals surface area contributed by atoms with Crippen LogP contribution in [0.25, 0.3) is 11.3 Å². The van der Waals surface area contributed by atoms with Crippen LogP contribution in [0.1, 0.15) is 28.1 Å². The topological polar surface area (TPSA) is 63.3 Å². The summed E-state index contributed by atoms with van der Waals surface area (Å²) in [5.74, 6) is 1.77. The summed E-state index contributed by atoms with van der Waals surface area (Å²) in [5, 5.41) is 7.83. The third kappa shape index (κ3) is 3.36. The number of aromatic amines is 1. The highest BCUT2D eigenvalue weighted by Gasteiger charge is 2.24. The van der Waals surface area contributed by atoms with E-state index in [0.29, 0.717) is 0 Å². The van der Waals surface area contributed by atoms with Gasteiger partial charge in [-0.3, -0.25) is 15.0 Å². The Morgan fingerprint density at radius 3 is 2.82 bits per heavy atom. The van der Waals surface area contributed by atoms with Gasteiger partial charge in [0, 0.05) is 60.2 Å². The predicted molar refractivity (Wildman–Crippen MR) is 109 cm³/mol. The van der Waals surface area contributed by atoms with Crippen LogP contribution in [0.4, 0.5) is 0 Å². The molecule has 0 amide bonds. The number of rotatable bonds is 5. The zero-order chi connectivity index (χ0) is 19.7. The molecule has 2 aromatic heterocycles. The van der Waals surface area contributed by atoms with Gasteiger partial charge in [-0.05, 0) is 26.0 Å². The van der Waals surface area contributed by atoms with E-state index in [4.69, 9.17) is 9.47 Å². The number of pyridine rings is 1. The Kier molecular flexibility index (Phi) is 5.05. The molecule has 0 aliphatic carbocycles. The van der Waals surface area contributed by atoms with E-state index in [-0.39, 0.29) is 0 Å². The number of hydrogen-bond donors (Lipinski definition) is 1. The Morgan fingerprint density at radius 1 is 1.18 bits per heavy atom. The Morgan fingerprint density at radius 2 is 2.04 bits per heavy atom. The number of fused-ring (bicyclic) bond motifs is 1. The molecule has 3 heterocycles. The molecule has 0 radical (unpaired) electrons. The molecule has 1 aromatic carbocycles. The van der Waals surface area contributed by atoms with Gasteiger partial charge >= 0.3 is 0 Å². The SMILES string of the molecule is COc1cccc(-c2n[nH]c3c2CN(Cc2ncc(C)c(OC)c2C)CC3)c1. The van der Waals surface area contributed by atoms with Gasteiger partial charge in [-0.1, -0.05) is 12.1 Å². The molecule has 1 N–H and O–H groups in total. The van der Waals surface area contributed by atoms with Gasteiger partial charge in [0.15, 0.2) is 0 Å².